The summed E-state index contributed by atoms with van der Waals surface area (Å²) in [5.41, 5.74) is 1.30. The van der Waals surface area contributed by atoms with Gasteiger partial charge in [-0.05, 0) is 25.1 Å². The van der Waals surface area contributed by atoms with Crippen LogP contribution in [0.5, 0.6) is 0 Å². The summed E-state index contributed by atoms with van der Waals surface area (Å²) in [6.45, 7) is 1.46. The van der Waals surface area contributed by atoms with E-state index in [0.717, 1.165) is 0 Å². The predicted molar refractivity (Wildman–Crippen MR) is 67.6 cm³/mol. The molecule has 2 rings (SSSR count). The van der Waals surface area contributed by atoms with Crippen molar-refractivity contribution in [3.63, 3.8) is 0 Å². The minimum absolute atomic E-state index is 0.0908. The Bertz CT molecular complexity index is 602. The van der Waals surface area contributed by atoms with Crippen molar-refractivity contribution in [2.75, 3.05) is 5.32 Å². The van der Waals surface area contributed by atoms with Gasteiger partial charge >= 0.3 is 0 Å². The van der Waals surface area contributed by atoms with Gasteiger partial charge in [0.2, 0.25) is 0 Å². The number of rotatable bonds is 3. The van der Waals surface area contributed by atoms with Crippen molar-refractivity contribution in [3.05, 3.63) is 47.8 Å². The molecule has 0 saturated heterocycles. The number of hydrogen-bond acceptors (Lipinski definition) is 3. The Hall–Kier alpha value is -2.43. The fraction of sp³-hybridized carbons (Fsp3) is 0.154. The van der Waals surface area contributed by atoms with E-state index in [9.17, 15) is 9.59 Å². The maximum absolute atomic E-state index is 11.9. The Balaban J connectivity index is 2.24. The molecule has 0 unspecified atom stereocenters. The Kier molecular flexibility index (Phi) is 3.23. The van der Waals surface area contributed by atoms with Crippen LogP contribution < -0.4 is 5.32 Å². The fourth-order valence-electron chi connectivity index (χ4n) is 1.62. The number of carbonyl (C=O) groups excluding carboxylic acids is 2. The summed E-state index contributed by atoms with van der Waals surface area (Å²) < 4.78 is 1.55. The van der Waals surface area contributed by atoms with Gasteiger partial charge in [0.05, 0.1) is 5.69 Å². The van der Waals surface area contributed by atoms with E-state index in [1.807, 2.05) is 0 Å². The molecular formula is C13H13N3O2. The third kappa shape index (κ3) is 2.45. The molecule has 0 fully saturated rings. The zero-order valence-corrected chi connectivity index (χ0v) is 10.2. The number of nitrogens with one attached hydrogen (secondary N) is 1. The van der Waals surface area contributed by atoms with Crippen molar-refractivity contribution in [3.8, 4) is 0 Å². The number of ketones is 1. The van der Waals surface area contributed by atoms with Crippen LogP contribution in [-0.4, -0.2) is 21.5 Å². The van der Waals surface area contributed by atoms with Crippen molar-refractivity contribution in [2.45, 2.75) is 6.92 Å². The third-order valence-electron chi connectivity index (χ3n) is 2.50. The lowest BCUT2D eigenvalue weighted by molar-refractivity contribution is 0.101. The summed E-state index contributed by atoms with van der Waals surface area (Å²) >= 11 is 0. The van der Waals surface area contributed by atoms with Crippen LogP contribution in [0, 0.1) is 0 Å². The Morgan fingerprint density at radius 1 is 1.22 bits per heavy atom. The number of hydrogen-bond donors (Lipinski definition) is 1. The molecule has 5 heteroatoms. The van der Waals surface area contributed by atoms with Crippen molar-refractivity contribution >= 4 is 17.4 Å². The van der Waals surface area contributed by atoms with Gasteiger partial charge < -0.3 is 5.32 Å². The molecule has 0 atom stereocenters. The van der Waals surface area contributed by atoms with E-state index in [2.05, 4.69) is 10.4 Å². The number of anilines is 1. The molecule has 1 aromatic heterocycles. The second-order valence-electron chi connectivity index (χ2n) is 3.93. The first kappa shape index (κ1) is 12.0. The van der Waals surface area contributed by atoms with Crippen LogP contribution in [0.4, 0.5) is 5.69 Å². The van der Waals surface area contributed by atoms with Crippen LogP contribution in [0.2, 0.25) is 0 Å². The Morgan fingerprint density at radius 3 is 2.56 bits per heavy atom. The predicted octanol–water partition coefficient (Wildman–Crippen LogP) is 1.88. The monoisotopic (exact) mass is 243 g/mol. The molecule has 0 spiro atoms. The van der Waals surface area contributed by atoms with E-state index < -0.39 is 0 Å². The maximum Gasteiger partial charge on any atom is 0.276 e. The van der Waals surface area contributed by atoms with Gasteiger partial charge in [-0.3, -0.25) is 14.3 Å². The van der Waals surface area contributed by atoms with Gasteiger partial charge in [0.25, 0.3) is 5.91 Å². The minimum atomic E-state index is -0.329. The maximum atomic E-state index is 11.9. The zero-order valence-electron chi connectivity index (χ0n) is 10.2. The van der Waals surface area contributed by atoms with E-state index in [-0.39, 0.29) is 11.7 Å². The van der Waals surface area contributed by atoms with Gasteiger partial charge in [-0.1, -0.05) is 12.1 Å². The van der Waals surface area contributed by atoms with Gasteiger partial charge in [-0.2, -0.15) is 5.10 Å². The summed E-state index contributed by atoms with van der Waals surface area (Å²) in [7, 11) is 1.74. The summed E-state index contributed by atoms with van der Waals surface area (Å²) in [5, 5.41) is 6.69. The molecule has 1 heterocycles. The van der Waals surface area contributed by atoms with Crippen LogP contribution in [0.3, 0.4) is 0 Å². The van der Waals surface area contributed by atoms with Gasteiger partial charge in [0.15, 0.2) is 11.5 Å². The van der Waals surface area contributed by atoms with Gasteiger partial charge in [-0.15, -0.1) is 0 Å². The van der Waals surface area contributed by atoms with Crippen molar-refractivity contribution in [2.24, 2.45) is 7.05 Å². The highest BCUT2D eigenvalue weighted by Gasteiger charge is 2.12. The Labute approximate surface area is 104 Å². The molecule has 0 aliphatic carbocycles. The topological polar surface area (TPSA) is 64.0 Å². The quantitative estimate of drug-likeness (QED) is 0.837. The first-order valence-electron chi connectivity index (χ1n) is 5.49. The largest absolute Gasteiger partial charge is 0.320 e. The lowest BCUT2D eigenvalue weighted by Crippen LogP contribution is -2.15. The lowest BCUT2D eigenvalue weighted by Gasteiger charge is -2.07. The fourth-order valence-corrected chi connectivity index (χ4v) is 1.62. The highest BCUT2D eigenvalue weighted by molar-refractivity contribution is 6.08. The highest BCUT2D eigenvalue weighted by Crippen LogP contribution is 2.16. The van der Waals surface area contributed by atoms with Gasteiger partial charge in [-0.25, -0.2) is 0 Å². The SMILES string of the molecule is CC(=O)c1ccccc1NC(=O)c1ccn(C)n1. The van der Waals surface area contributed by atoms with Crippen LogP contribution in [0.15, 0.2) is 36.5 Å². The molecule has 0 bridgehead atoms. The molecule has 1 amide bonds. The van der Waals surface area contributed by atoms with E-state index in [0.29, 0.717) is 16.9 Å². The van der Waals surface area contributed by atoms with Crippen LogP contribution >= 0.6 is 0 Å². The number of aryl methyl sites for hydroxylation is 1. The molecular weight excluding hydrogens is 230 g/mol. The van der Waals surface area contributed by atoms with Crippen LogP contribution in [0.25, 0.3) is 0 Å². The number of aromatic nitrogens is 2. The first-order chi connectivity index (χ1) is 8.58. The summed E-state index contributed by atoms with van der Waals surface area (Å²) in [6.07, 6.45) is 1.69. The minimum Gasteiger partial charge on any atom is -0.320 e. The number of carbonyl (C=O) groups is 2. The first-order valence-corrected chi connectivity index (χ1v) is 5.49. The molecule has 1 N–H and O–H groups in total. The molecule has 0 aliphatic heterocycles. The van der Waals surface area contributed by atoms with Gasteiger partial charge in [0, 0.05) is 18.8 Å². The highest BCUT2D eigenvalue weighted by atomic mass is 16.2. The van der Waals surface area contributed by atoms with Crippen molar-refractivity contribution < 1.29 is 9.59 Å². The number of benzene rings is 1. The van der Waals surface area contributed by atoms with Crippen LogP contribution in [-0.2, 0) is 7.05 Å². The number of nitrogens with zero attached hydrogens (tertiary/aromatic N) is 2. The van der Waals surface area contributed by atoms with Crippen LogP contribution in [0.1, 0.15) is 27.8 Å². The summed E-state index contributed by atoms with van der Waals surface area (Å²) in [4.78, 5) is 23.3. The third-order valence-corrected chi connectivity index (χ3v) is 2.50. The van der Waals surface area contributed by atoms with E-state index in [1.54, 1.807) is 48.3 Å². The number of Topliss-reactive ketones (excluding diaryl/α,β-unsaturated/α-hetero) is 1. The average Bonchev–Trinajstić information content (AvgIpc) is 2.76. The molecule has 5 nitrogen and oxygen atoms in total. The summed E-state index contributed by atoms with van der Waals surface area (Å²) in [5.74, 6) is -0.420. The molecule has 18 heavy (non-hydrogen) atoms. The summed E-state index contributed by atoms with van der Waals surface area (Å²) in [6, 6.07) is 8.51. The van der Waals surface area contributed by atoms with Crippen molar-refractivity contribution in [1.82, 2.24) is 9.78 Å². The number of amides is 1. The van der Waals surface area contributed by atoms with E-state index in [1.165, 1.54) is 6.92 Å². The zero-order chi connectivity index (χ0) is 13.1. The standard InChI is InChI=1S/C13H13N3O2/c1-9(17)10-5-3-4-6-11(10)14-13(18)12-7-8-16(2)15-12/h3-8H,1-2H3,(H,14,18). The molecule has 0 saturated carbocycles. The Morgan fingerprint density at radius 2 is 1.94 bits per heavy atom. The molecule has 92 valence electrons. The van der Waals surface area contributed by atoms with E-state index in [4.69, 9.17) is 0 Å². The molecule has 0 radical (unpaired) electrons. The lowest BCUT2D eigenvalue weighted by atomic mass is 10.1. The normalized spacial score (nSPS) is 10.1. The second kappa shape index (κ2) is 4.83. The number of para-hydroxylation sites is 1. The van der Waals surface area contributed by atoms with Gasteiger partial charge in [0.1, 0.15) is 0 Å². The van der Waals surface area contributed by atoms with Crippen molar-refractivity contribution in [1.29, 1.82) is 0 Å². The molecule has 1 aromatic carbocycles. The van der Waals surface area contributed by atoms with E-state index >= 15 is 0 Å². The molecule has 0 aliphatic rings. The smallest absolute Gasteiger partial charge is 0.276 e. The second-order valence-corrected chi connectivity index (χ2v) is 3.93. The average molecular weight is 243 g/mol. The molecule has 2 aromatic rings.